The zero-order chi connectivity index (χ0) is 19.7. The van der Waals surface area contributed by atoms with E-state index in [1.165, 1.54) is 61.2 Å². The van der Waals surface area contributed by atoms with Gasteiger partial charge < -0.3 is 24.8 Å². The Labute approximate surface area is 215 Å². The SMILES string of the molecule is CCc1[c-]c2c(cc1)-c1ccc(CC)cc1C2.Cc1c(C)c(C)[c-](C)c1C.[Cl-].[Cl-].[Zr+4]. The third-order valence-corrected chi connectivity index (χ3v) is 6.52. The van der Waals surface area contributed by atoms with Gasteiger partial charge in [-0.1, -0.05) is 78.6 Å². The van der Waals surface area contributed by atoms with Crippen LogP contribution >= 0.6 is 0 Å². The molecule has 0 bridgehead atoms. The molecule has 0 radical (unpaired) electrons. The smallest absolute Gasteiger partial charge is 1.00 e. The van der Waals surface area contributed by atoms with E-state index in [-0.39, 0.29) is 51.0 Å². The van der Waals surface area contributed by atoms with Crippen LogP contribution in [0.2, 0.25) is 0 Å². The first kappa shape index (κ1) is 29.3. The van der Waals surface area contributed by atoms with E-state index in [9.17, 15) is 0 Å². The number of fused-ring (bicyclic) bond motifs is 3. The minimum absolute atomic E-state index is 0. The molecule has 0 N–H and O–H groups in total. The first-order chi connectivity index (χ1) is 12.9. The van der Waals surface area contributed by atoms with E-state index in [1.807, 2.05) is 0 Å². The summed E-state index contributed by atoms with van der Waals surface area (Å²) in [4.78, 5) is 0. The molecule has 3 aromatic carbocycles. The van der Waals surface area contributed by atoms with Crippen molar-refractivity contribution in [2.24, 2.45) is 0 Å². The van der Waals surface area contributed by atoms with Gasteiger partial charge in [0, 0.05) is 0 Å². The maximum absolute atomic E-state index is 3.56. The van der Waals surface area contributed by atoms with E-state index in [0.29, 0.717) is 0 Å². The summed E-state index contributed by atoms with van der Waals surface area (Å²) in [5.41, 5.74) is 15.8. The molecule has 0 heterocycles. The average Bonchev–Trinajstić information content (AvgIpc) is 3.14. The molecule has 0 fully saturated rings. The quantitative estimate of drug-likeness (QED) is 0.349. The van der Waals surface area contributed by atoms with Gasteiger partial charge in [-0.3, -0.25) is 0 Å². The number of aryl methyl sites for hydroxylation is 2. The summed E-state index contributed by atoms with van der Waals surface area (Å²) in [6.07, 6.45) is 3.25. The van der Waals surface area contributed by atoms with Crippen LogP contribution in [0.1, 0.15) is 63.9 Å². The standard InChI is InChI=1S/C17H17.C10H15.2ClH.Zr/c1-3-12-5-7-16-14(9-12)11-15-10-13(4-2)6-8-17(15)16;1-6-7(2)9(4)10(5)8(6)3;;;/h5-9H,3-4,11H2,1-2H3;1-5H3;2*1H;/q2*-1;;;+4/p-2. The normalized spacial score (nSPS) is 10.5. The van der Waals surface area contributed by atoms with Gasteiger partial charge in [-0.15, -0.1) is 11.1 Å². The minimum atomic E-state index is 0. The third-order valence-electron chi connectivity index (χ3n) is 6.52. The largest absolute Gasteiger partial charge is 4.00 e. The molecule has 0 aliphatic heterocycles. The molecule has 0 atom stereocenters. The van der Waals surface area contributed by atoms with Gasteiger partial charge in [0.1, 0.15) is 0 Å². The van der Waals surface area contributed by atoms with E-state index >= 15 is 0 Å². The van der Waals surface area contributed by atoms with Crippen molar-refractivity contribution in [3.8, 4) is 11.1 Å². The fourth-order valence-electron chi connectivity index (χ4n) is 4.06. The molecule has 3 heteroatoms. The molecule has 0 aromatic heterocycles. The summed E-state index contributed by atoms with van der Waals surface area (Å²) >= 11 is 0. The van der Waals surface area contributed by atoms with Crippen molar-refractivity contribution >= 4 is 0 Å². The summed E-state index contributed by atoms with van der Waals surface area (Å²) in [5, 5.41) is 0. The van der Waals surface area contributed by atoms with Crippen LogP contribution in [0.15, 0.2) is 30.3 Å². The summed E-state index contributed by atoms with van der Waals surface area (Å²) in [5.74, 6) is 0. The molecule has 1 aliphatic carbocycles. The van der Waals surface area contributed by atoms with Crippen LogP contribution in [0.25, 0.3) is 11.1 Å². The summed E-state index contributed by atoms with van der Waals surface area (Å²) < 4.78 is 0. The molecule has 0 nitrogen and oxygen atoms in total. The Morgan fingerprint density at radius 2 is 1.40 bits per heavy atom. The molecule has 158 valence electrons. The van der Waals surface area contributed by atoms with Crippen LogP contribution in [0.4, 0.5) is 0 Å². The van der Waals surface area contributed by atoms with Crippen LogP contribution in [0.5, 0.6) is 0 Å². The molecule has 0 saturated heterocycles. The second kappa shape index (κ2) is 12.3. The molecular formula is C27H32Cl2Zr. The molecule has 3 aromatic rings. The Balaban J connectivity index is 0.000000569. The number of rotatable bonds is 2. The van der Waals surface area contributed by atoms with Crippen LogP contribution in [0, 0.1) is 40.7 Å². The second-order valence-corrected chi connectivity index (χ2v) is 7.88. The number of hydrogen-bond donors (Lipinski definition) is 0. The first-order valence-corrected chi connectivity index (χ1v) is 10.2. The van der Waals surface area contributed by atoms with Gasteiger partial charge in [0.05, 0.1) is 0 Å². The maximum Gasteiger partial charge on any atom is 4.00 e. The fourth-order valence-corrected chi connectivity index (χ4v) is 4.06. The molecule has 0 unspecified atom stereocenters. The molecule has 4 rings (SSSR count). The number of halogens is 2. The van der Waals surface area contributed by atoms with Crippen molar-refractivity contribution in [1.29, 1.82) is 0 Å². The van der Waals surface area contributed by atoms with Gasteiger partial charge in [-0.25, -0.2) is 0 Å². The minimum Gasteiger partial charge on any atom is -1.00 e. The average molecular weight is 519 g/mol. The van der Waals surface area contributed by atoms with Gasteiger partial charge in [-0.05, 0) is 24.0 Å². The van der Waals surface area contributed by atoms with E-state index in [4.69, 9.17) is 0 Å². The maximum atomic E-state index is 3.56. The predicted molar refractivity (Wildman–Crippen MR) is 118 cm³/mol. The van der Waals surface area contributed by atoms with Gasteiger partial charge >= 0.3 is 26.2 Å². The van der Waals surface area contributed by atoms with Crippen molar-refractivity contribution in [3.63, 3.8) is 0 Å². The van der Waals surface area contributed by atoms with Crippen LogP contribution in [-0.4, -0.2) is 0 Å². The Hall–Kier alpha value is -0.747. The van der Waals surface area contributed by atoms with Gasteiger partial charge in [-0.2, -0.15) is 51.6 Å². The van der Waals surface area contributed by atoms with Crippen molar-refractivity contribution in [2.45, 2.75) is 67.7 Å². The monoisotopic (exact) mass is 516 g/mol. The number of hydrogen-bond acceptors (Lipinski definition) is 0. The van der Waals surface area contributed by atoms with Gasteiger partial charge in [0.15, 0.2) is 0 Å². The molecule has 0 amide bonds. The van der Waals surface area contributed by atoms with E-state index in [2.05, 4.69) is 84.9 Å². The van der Waals surface area contributed by atoms with Crippen molar-refractivity contribution in [1.82, 2.24) is 0 Å². The Bertz CT molecular complexity index is 851. The second-order valence-electron chi connectivity index (χ2n) is 7.88. The topological polar surface area (TPSA) is 0 Å². The van der Waals surface area contributed by atoms with Crippen molar-refractivity contribution in [3.05, 3.63) is 86.5 Å². The molecule has 30 heavy (non-hydrogen) atoms. The Morgan fingerprint density at radius 1 is 0.833 bits per heavy atom. The van der Waals surface area contributed by atoms with Gasteiger partial charge in [0.2, 0.25) is 0 Å². The van der Waals surface area contributed by atoms with Crippen LogP contribution < -0.4 is 24.8 Å². The van der Waals surface area contributed by atoms with E-state index in [1.54, 1.807) is 0 Å². The Kier molecular flexibility index (Phi) is 12.0. The van der Waals surface area contributed by atoms with Crippen molar-refractivity contribution < 1.29 is 51.0 Å². The summed E-state index contributed by atoms with van der Waals surface area (Å²) in [7, 11) is 0. The fraction of sp³-hybridized carbons (Fsp3) is 0.370. The first-order valence-electron chi connectivity index (χ1n) is 10.2. The summed E-state index contributed by atoms with van der Waals surface area (Å²) in [6.45, 7) is 15.4. The molecule has 1 aliphatic rings. The third kappa shape index (κ3) is 5.73. The van der Waals surface area contributed by atoms with E-state index < -0.39 is 0 Å². The number of benzene rings is 2. The zero-order valence-corrected chi connectivity index (χ0v) is 23.2. The van der Waals surface area contributed by atoms with E-state index in [0.717, 1.165) is 19.3 Å². The molecule has 0 saturated carbocycles. The predicted octanol–water partition coefficient (Wildman–Crippen LogP) is 1.14. The van der Waals surface area contributed by atoms with Crippen LogP contribution in [-0.2, 0) is 45.5 Å². The van der Waals surface area contributed by atoms with Gasteiger partial charge in [0.25, 0.3) is 0 Å². The Morgan fingerprint density at radius 3 is 1.87 bits per heavy atom. The molecule has 0 spiro atoms. The zero-order valence-electron chi connectivity index (χ0n) is 19.3. The van der Waals surface area contributed by atoms with Crippen molar-refractivity contribution in [2.75, 3.05) is 0 Å². The summed E-state index contributed by atoms with van der Waals surface area (Å²) in [6, 6.07) is 14.9. The molecular weight excluding hydrogens is 486 g/mol. The van der Waals surface area contributed by atoms with Crippen LogP contribution in [0.3, 0.4) is 0 Å².